The van der Waals surface area contributed by atoms with Crippen LogP contribution in [0.5, 0.6) is 5.75 Å². The maximum atomic E-state index is 6.35. The van der Waals surface area contributed by atoms with Gasteiger partial charge in [0.2, 0.25) is 0 Å². The summed E-state index contributed by atoms with van der Waals surface area (Å²) in [6.07, 6.45) is 4.25. The number of hydrogen-bond donors (Lipinski definition) is 0. The van der Waals surface area contributed by atoms with Crippen molar-refractivity contribution in [1.29, 1.82) is 0 Å². The molecular formula is C16H15ClN2OS. The molecule has 21 heavy (non-hydrogen) atoms. The number of aryl methyl sites for hydroxylation is 1. The first-order chi connectivity index (χ1) is 10.3. The summed E-state index contributed by atoms with van der Waals surface area (Å²) in [5.74, 6) is 2.46. The maximum absolute atomic E-state index is 6.35. The van der Waals surface area contributed by atoms with E-state index in [1.54, 1.807) is 11.8 Å². The first kappa shape index (κ1) is 13.4. The summed E-state index contributed by atoms with van der Waals surface area (Å²) in [6.45, 7) is 0. The highest BCUT2D eigenvalue weighted by Gasteiger charge is 2.26. The van der Waals surface area contributed by atoms with E-state index in [9.17, 15) is 0 Å². The third-order valence-electron chi connectivity index (χ3n) is 3.95. The van der Waals surface area contributed by atoms with E-state index in [-0.39, 0.29) is 6.10 Å². The van der Waals surface area contributed by atoms with Gasteiger partial charge in [0.1, 0.15) is 10.9 Å². The van der Waals surface area contributed by atoms with E-state index in [4.69, 9.17) is 21.3 Å². The molecule has 0 bridgehead atoms. The van der Waals surface area contributed by atoms with Gasteiger partial charge in [-0.2, -0.15) is 0 Å². The van der Waals surface area contributed by atoms with Gasteiger partial charge in [-0.1, -0.05) is 23.7 Å². The number of ether oxygens (including phenoxy) is 1. The van der Waals surface area contributed by atoms with E-state index in [1.807, 2.05) is 18.2 Å². The molecule has 108 valence electrons. The Hall–Kier alpha value is -1.26. The first-order valence-electron chi connectivity index (χ1n) is 7.25. The molecule has 1 aromatic heterocycles. The molecule has 3 nitrogen and oxygen atoms in total. The molecule has 1 atom stereocenters. The second-order valence-corrected chi connectivity index (χ2v) is 6.79. The monoisotopic (exact) mass is 318 g/mol. The van der Waals surface area contributed by atoms with Gasteiger partial charge in [-0.25, -0.2) is 9.97 Å². The van der Waals surface area contributed by atoms with Gasteiger partial charge in [-0.15, -0.1) is 11.8 Å². The number of thioether (sulfide) groups is 1. The molecule has 0 saturated heterocycles. The van der Waals surface area contributed by atoms with Crippen molar-refractivity contribution in [2.45, 2.75) is 36.7 Å². The average molecular weight is 319 g/mol. The summed E-state index contributed by atoms with van der Waals surface area (Å²) in [6, 6.07) is 8.09. The second-order valence-electron chi connectivity index (χ2n) is 5.37. The van der Waals surface area contributed by atoms with Gasteiger partial charge in [0, 0.05) is 21.9 Å². The lowest BCUT2D eigenvalue weighted by Crippen LogP contribution is -2.20. The van der Waals surface area contributed by atoms with E-state index in [2.05, 4.69) is 11.1 Å². The zero-order valence-corrected chi connectivity index (χ0v) is 13.1. The molecule has 1 aromatic carbocycles. The van der Waals surface area contributed by atoms with Crippen LogP contribution in [0.1, 0.15) is 36.0 Å². The average Bonchev–Trinajstić information content (AvgIpc) is 2.54. The molecule has 0 amide bonds. The van der Waals surface area contributed by atoms with Crippen LogP contribution in [-0.4, -0.2) is 15.7 Å². The minimum Gasteiger partial charge on any atom is -0.480 e. The van der Waals surface area contributed by atoms with Crippen LogP contribution < -0.4 is 4.74 Å². The largest absolute Gasteiger partial charge is 0.480 e. The smallest absolute Gasteiger partial charge is 0.171 e. The normalized spacial score (nSPS) is 20.3. The van der Waals surface area contributed by atoms with Gasteiger partial charge in [-0.05, 0) is 37.8 Å². The van der Waals surface area contributed by atoms with Crippen LogP contribution in [0.25, 0.3) is 0 Å². The Bertz CT molecular complexity index is 692. The number of nitrogens with zero attached hydrogens (tertiary/aromatic N) is 2. The zero-order valence-electron chi connectivity index (χ0n) is 11.5. The number of hydrogen-bond acceptors (Lipinski definition) is 4. The topological polar surface area (TPSA) is 35.0 Å². The Labute approximate surface area is 133 Å². The van der Waals surface area contributed by atoms with E-state index in [1.165, 1.54) is 17.7 Å². The van der Waals surface area contributed by atoms with Gasteiger partial charge in [0.15, 0.2) is 11.9 Å². The minimum absolute atomic E-state index is 0.116. The highest BCUT2D eigenvalue weighted by atomic mass is 35.5. The van der Waals surface area contributed by atoms with Gasteiger partial charge in [0.25, 0.3) is 0 Å². The van der Waals surface area contributed by atoms with E-state index in [0.717, 1.165) is 41.4 Å². The molecule has 0 saturated carbocycles. The number of halogens is 1. The van der Waals surface area contributed by atoms with Crippen LogP contribution in [0.2, 0.25) is 5.15 Å². The molecule has 0 fully saturated rings. The molecule has 0 radical (unpaired) electrons. The van der Waals surface area contributed by atoms with Crippen molar-refractivity contribution in [1.82, 2.24) is 9.97 Å². The van der Waals surface area contributed by atoms with Crippen LogP contribution in [-0.2, 0) is 12.8 Å². The maximum Gasteiger partial charge on any atom is 0.171 e. The molecule has 2 aliphatic rings. The summed E-state index contributed by atoms with van der Waals surface area (Å²) >= 11 is 8.14. The number of rotatable bonds is 1. The van der Waals surface area contributed by atoms with E-state index < -0.39 is 0 Å². The molecule has 1 unspecified atom stereocenters. The SMILES string of the molecule is Clc1nc(C2CSc3ccccc3O2)nc2c1CCCC2. The summed E-state index contributed by atoms with van der Waals surface area (Å²) in [5, 5.41) is 0.613. The van der Waals surface area contributed by atoms with Gasteiger partial charge >= 0.3 is 0 Å². The number of fused-ring (bicyclic) bond motifs is 2. The van der Waals surface area contributed by atoms with Crippen molar-refractivity contribution in [2.75, 3.05) is 5.75 Å². The van der Waals surface area contributed by atoms with Crippen molar-refractivity contribution in [3.05, 3.63) is 46.5 Å². The van der Waals surface area contributed by atoms with Crippen molar-refractivity contribution in [3.63, 3.8) is 0 Å². The van der Waals surface area contributed by atoms with Crippen molar-refractivity contribution in [2.24, 2.45) is 0 Å². The highest BCUT2D eigenvalue weighted by Crippen LogP contribution is 2.40. The molecule has 5 heteroatoms. The summed E-state index contributed by atoms with van der Waals surface area (Å²) in [5.41, 5.74) is 2.25. The van der Waals surface area contributed by atoms with Crippen molar-refractivity contribution in [3.8, 4) is 5.75 Å². The summed E-state index contributed by atoms with van der Waals surface area (Å²) < 4.78 is 6.06. The zero-order chi connectivity index (χ0) is 14.2. The van der Waals surface area contributed by atoms with Crippen LogP contribution in [0.15, 0.2) is 29.2 Å². The van der Waals surface area contributed by atoms with Crippen LogP contribution in [0, 0.1) is 0 Å². The Balaban J connectivity index is 1.67. The van der Waals surface area contributed by atoms with Crippen LogP contribution >= 0.6 is 23.4 Å². The fourth-order valence-corrected chi connectivity index (χ4v) is 4.13. The predicted molar refractivity (Wildman–Crippen MR) is 84.2 cm³/mol. The molecule has 1 aliphatic heterocycles. The Kier molecular flexibility index (Phi) is 3.51. The van der Waals surface area contributed by atoms with Crippen molar-refractivity contribution >= 4 is 23.4 Å². The van der Waals surface area contributed by atoms with Gasteiger partial charge < -0.3 is 4.74 Å². The Morgan fingerprint density at radius 2 is 2.00 bits per heavy atom. The molecule has 0 N–H and O–H groups in total. The third kappa shape index (κ3) is 2.51. The first-order valence-corrected chi connectivity index (χ1v) is 8.61. The number of benzene rings is 1. The lowest BCUT2D eigenvalue weighted by molar-refractivity contribution is 0.209. The predicted octanol–water partition coefficient (Wildman–Crippen LogP) is 4.23. The summed E-state index contributed by atoms with van der Waals surface area (Å²) in [7, 11) is 0. The lowest BCUT2D eigenvalue weighted by Gasteiger charge is -2.26. The second kappa shape index (κ2) is 5.50. The lowest BCUT2D eigenvalue weighted by atomic mass is 9.97. The fraction of sp³-hybridized carbons (Fsp3) is 0.375. The van der Waals surface area contributed by atoms with Crippen LogP contribution in [0.4, 0.5) is 0 Å². The van der Waals surface area contributed by atoms with Crippen LogP contribution in [0.3, 0.4) is 0 Å². The quantitative estimate of drug-likeness (QED) is 0.737. The third-order valence-corrected chi connectivity index (χ3v) is 5.38. The molecule has 0 spiro atoms. The molecule has 4 rings (SSSR count). The molecule has 1 aliphatic carbocycles. The highest BCUT2D eigenvalue weighted by molar-refractivity contribution is 7.99. The minimum atomic E-state index is -0.116. The van der Waals surface area contributed by atoms with Gasteiger partial charge in [0.05, 0.1) is 0 Å². The molecular weight excluding hydrogens is 304 g/mol. The van der Waals surface area contributed by atoms with Crippen molar-refractivity contribution < 1.29 is 4.74 Å². The van der Waals surface area contributed by atoms with E-state index >= 15 is 0 Å². The number of aromatic nitrogens is 2. The standard InChI is InChI=1S/C16H15ClN2OS/c17-15-10-5-1-2-6-11(10)18-16(19-15)13-9-21-14-8-4-3-7-12(14)20-13/h3-4,7-8,13H,1-2,5-6,9H2. The molecule has 2 heterocycles. The summed E-state index contributed by atoms with van der Waals surface area (Å²) in [4.78, 5) is 10.4. The Morgan fingerprint density at radius 1 is 1.14 bits per heavy atom. The molecule has 2 aromatic rings. The Morgan fingerprint density at radius 3 is 2.95 bits per heavy atom. The van der Waals surface area contributed by atoms with Gasteiger partial charge in [-0.3, -0.25) is 0 Å². The van der Waals surface area contributed by atoms with E-state index in [0.29, 0.717) is 5.15 Å². The fourth-order valence-electron chi connectivity index (χ4n) is 2.86. The number of para-hydroxylation sites is 1.